The van der Waals surface area contributed by atoms with Crippen LogP contribution in [0, 0.1) is 5.82 Å². The topological polar surface area (TPSA) is 40.7 Å². The summed E-state index contributed by atoms with van der Waals surface area (Å²) in [6, 6.07) is 4.51. The van der Waals surface area contributed by atoms with Crippen molar-refractivity contribution >= 4 is 33.2 Å². The largest absolute Gasteiger partial charge is 0.378 e. The van der Waals surface area contributed by atoms with Gasteiger partial charge in [0.15, 0.2) is 5.15 Å². The molecule has 2 aromatic rings. The minimum absolute atomic E-state index is 0.282. The fourth-order valence-corrected chi connectivity index (χ4v) is 2.44. The number of unbranched alkanes of at least 4 members (excludes halogenated alkanes) is 1. The third-order valence-electron chi connectivity index (χ3n) is 2.93. The average Bonchev–Trinajstić information content (AvgIpc) is 2.78. The maximum absolute atomic E-state index is 13.2. The molecule has 0 saturated heterocycles. The van der Waals surface area contributed by atoms with Gasteiger partial charge in [0, 0.05) is 10.9 Å². The summed E-state index contributed by atoms with van der Waals surface area (Å²) in [4.78, 5) is 7.49. The highest BCUT2D eigenvalue weighted by Gasteiger charge is 2.09. The molecule has 0 aliphatic rings. The number of rotatable bonds is 6. The second-order valence-electron chi connectivity index (χ2n) is 4.53. The standard InChI is InChI=1S/C14H16BrClFN3/c1-2-3-4-13-19-12(14(16)20-13)8-18-11-7-9(17)5-6-10(11)15/h5-7,18H,2-4,8H2,1H3,(H,19,20). The van der Waals surface area contributed by atoms with Crippen molar-refractivity contribution in [1.82, 2.24) is 9.97 Å². The summed E-state index contributed by atoms with van der Waals surface area (Å²) in [5.41, 5.74) is 1.50. The zero-order valence-electron chi connectivity index (χ0n) is 11.1. The lowest BCUT2D eigenvalue weighted by Gasteiger charge is -2.07. The van der Waals surface area contributed by atoms with E-state index >= 15 is 0 Å². The van der Waals surface area contributed by atoms with Gasteiger partial charge in [-0.3, -0.25) is 0 Å². The third-order valence-corrected chi connectivity index (χ3v) is 3.93. The number of anilines is 1. The van der Waals surface area contributed by atoms with Gasteiger partial charge >= 0.3 is 0 Å². The molecular formula is C14H16BrClFN3. The maximum Gasteiger partial charge on any atom is 0.152 e. The van der Waals surface area contributed by atoms with Gasteiger partial charge in [0.1, 0.15) is 11.6 Å². The van der Waals surface area contributed by atoms with E-state index in [2.05, 4.69) is 38.1 Å². The summed E-state index contributed by atoms with van der Waals surface area (Å²) in [5, 5.41) is 3.61. The van der Waals surface area contributed by atoms with E-state index in [1.807, 2.05) is 0 Å². The van der Waals surface area contributed by atoms with Crippen LogP contribution in [0.1, 0.15) is 31.3 Å². The van der Waals surface area contributed by atoms with Crippen LogP contribution in [0.25, 0.3) is 0 Å². The van der Waals surface area contributed by atoms with E-state index in [1.165, 1.54) is 12.1 Å². The number of hydrogen-bond donors (Lipinski definition) is 2. The van der Waals surface area contributed by atoms with Crippen LogP contribution < -0.4 is 5.32 Å². The van der Waals surface area contributed by atoms with E-state index in [0.717, 1.165) is 35.3 Å². The molecule has 2 rings (SSSR count). The van der Waals surface area contributed by atoms with Gasteiger partial charge in [0.2, 0.25) is 0 Å². The number of nitrogens with zero attached hydrogens (tertiary/aromatic N) is 1. The molecule has 6 heteroatoms. The third kappa shape index (κ3) is 3.96. The summed E-state index contributed by atoms with van der Waals surface area (Å²) in [6.07, 6.45) is 3.08. The molecular weight excluding hydrogens is 345 g/mol. The Bertz CT molecular complexity index is 586. The molecule has 1 heterocycles. The number of aromatic amines is 1. The van der Waals surface area contributed by atoms with Gasteiger partial charge in [-0.25, -0.2) is 9.37 Å². The van der Waals surface area contributed by atoms with Crippen LogP contribution in [-0.2, 0) is 13.0 Å². The second-order valence-corrected chi connectivity index (χ2v) is 5.75. The molecule has 3 nitrogen and oxygen atoms in total. The fraction of sp³-hybridized carbons (Fsp3) is 0.357. The molecule has 0 aliphatic heterocycles. The van der Waals surface area contributed by atoms with Gasteiger partial charge in [-0.1, -0.05) is 24.9 Å². The van der Waals surface area contributed by atoms with E-state index in [9.17, 15) is 4.39 Å². The van der Waals surface area contributed by atoms with Crippen LogP contribution in [0.2, 0.25) is 5.15 Å². The van der Waals surface area contributed by atoms with Crippen molar-refractivity contribution in [2.45, 2.75) is 32.7 Å². The van der Waals surface area contributed by atoms with Crippen molar-refractivity contribution in [1.29, 1.82) is 0 Å². The lowest BCUT2D eigenvalue weighted by atomic mass is 10.2. The molecule has 0 aliphatic carbocycles. The Morgan fingerprint density at radius 2 is 2.25 bits per heavy atom. The second kappa shape index (κ2) is 7.09. The molecule has 0 atom stereocenters. The Hall–Kier alpha value is -1.07. The van der Waals surface area contributed by atoms with Crippen LogP contribution in [0.4, 0.5) is 10.1 Å². The van der Waals surface area contributed by atoms with Crippen molar-refractivity contribution in [2.24, 2.45) is 0 Å². The van der Waals surface area contributed by atoms with E-state index in [-0.39, 0.29) is 5.82 Å². The highest BCUT2D eigenvalue weighted by atomic mass is 79.9. The minimum atomic E-state index is -0.282. The number of aromatic nitrogens is 2. The Morgan fingerprint density at radius 1 is 1.45 bits per heavy atom. The van der Waals surface area contributed by atoms with E-state index in [4.69, 9.17) is 11.6 Å². The Morgan fingerprint density at radius 3 is 3.00 bits per heavy atom. The van der Waals surface area contributed by atoms with Gasteiger partial charge in [0.05, 0.1) is 17.9 Å². The molecule has 20 heavy (non-hydrogen) atoms. The highest BCUT2D eigenvalue weighted by Crippen LogP contribution is 2.24. The van der Waals surface area contributed by atoms with Crippen molar-refractivity contribution in [3.8, 4) is 0 Å². The van der Waals surface area contributed by atoms with Gasteiger partial charge in [-0.15, -0.1) is 0 Å². The lowest BCUT2D eigenvalue weighted by Crippen LogP contribution is -2.01. The molecule has 108 valence electrons. The van der Waals surface area contributed by atoms with Gasteiger partial charge in [0.25, 0.3) is 0 Å². The van der Waals surface area contributed by atoms with Gasteiger partial charge in [-0.2, -0.15) is 0 Å². The number of hydrogen-bond acceptors (Lipinski definition) is 2. The number of H-pyrrole nitrogens is 1. The molecule has 1 aromatic carbocycles. The molecule has 2 N–H and O–H groups in total. The van der Waals surface area contributed by atoms with Gasteiger partial charge in [-0.05, 0) is 40.5 Å². The number of benzene rings is 1. The molecule has 1 aromatic heterocycles. The molecule has 0 unspecified atom stereocenters. The average molecular weight is 361 g/mol. The van der Waals surface area contributed by atoms with Crippen molar-refractivity contribution in [3.05, 3.63) is 45.2 Å². The lowest BCUT2D eigenvalue weighted by molar-refractivity contribution is 0.628. The number of halogens is 3. The Balaban J connectivity index is 2.03. The van der Waals surface area contributed by atoms with E-state index in [1.54, 1.807) is 6.07 Å². The fourth-order valence-electron chi connectivity index (χ4n) is 1.84. The number of nitrogens with one attached hydrogen (secondary N) is 2. The van der Waals surface area contributed by atoms with Crippen LogP contribution in [0.3, 0.4) is 0 Å². The zero-order valence-corrected chi connectivity index (χ0v) is 13.5. The molecule has 0 fully saturated rings. The van der Waals surface area contributed by atoms with E-state index < -0.39 is 0 Å². The summed E-state index contributed by atoms with van der Waals surface area (Å²) in [5.74, 6) is 0.613. The summed E-state index contributed by atoms with van der Waals surface area (Å²) in [6.45, 7) is 2.61. The summed E-state index contributed by atoms with van der Waals surface area (Å²) < 4.78 is 14.0. The minimum Gasteiger partial charge on any atom is -0.378 e. The predicted molar refractivity (Wildman–Crippen MR) is 83.6 cm³/mol. The van der Waals surface area contributed by atoms with E-state index in [0.29, 0.717) is 17.4 Å². The molecule has 0 saturated carbocycles. The highest BCUT2D eigenvalue weighted by molar-refractivity contribution is 9.10. The SMILES string of the molecule is CCCCc1nc(Cl)c(CNc2cc(F)ccc2Br)[nH]1. The van der Waals surface area contributed by atoms with Crippen LogP contribution in [0.15, 0.2) is 22.7 Å². The van der Waals surface area contributed by atoms with Crippen molar-refractivity contribution < 1.29 is 4.39 Å². The summed E-state index contributed by atoms with van der Waals surface area (Å²) >= 11 is 9.47. The first-order valence-corrected chi connectivity index (χ1v) is 7.69. The molecule has 0 bridgehead atoms. The smallest absolute Gasteiger partial charge is 0.152 e. The number of aryl methyl sites for hydroxylation is 1. The Labute approximate surface area is 131 Å². The molecule has 0 radical (unpaired) electrons. The maximum atomic E-state index is 13.2. The quantitative estimate of drug-likeness (QED) is 0.767. The van der Waals surface area contributed by atoms with Gasteiger partial charge < -0.3 is 10.3 Å². The van der Waals surface area contributed by atoms with Crippen LogP contribution in [0.5, 0.6) is 0 Å². The Kier molecular flexibility index (Phi) is 5.43. The van der Waals surface area contributed by atoms with Crippen molar-refractivity contribution in [2.75, 3.05) is 5.32 Å². The monoisotopic (exact) mass is 359 g/mol. The summed E-state index contributed by atoms with van der Waals surface area (Å²) in [7, 11) is 0. The first-order chi connectivity index (χ1) is 9.60. The normalized spacial score (nSPS) is 10.8. The van der Waals surface area contributed by atoms with Crippen LogP contribution in [-0.4, -0.2) is 9.97 Å². The number of imidazole rings is 1. The molecule has 0 spiro atoms. The first kappa shape index (κ1) is 15.3. The predicted octanol–water partition coefficient (Wildman–Crippen LogP) is 4.92. The van der Waals surface area contributed by atoms with Crippen molar-refractivity contribution in [3.63, 3.8) is 0 Å². The zero-order chi connectivity index (χ0) is 14.5. The first-order valence-electron chi connectivity index (χ1n) is 6.52. The molecule has 0 amide bonds. The van der Waals surface area contributed by atoms with Crippen LogP contribution >= 0.6 is 27.5 Å².